The van der Waals surface area contributed by atoms with E-state index in [4.69, 9.17) is 10.8 Å². The van der Waals surface area contributed by atoms with Gasteiger partial charge in [-0.2, -0.15) is 0 Å². The third-order valence-corrected chi connectivity index (χ3v) is 2.31. The molecule has 0 spiro atoms. The number of rotatable bonds is 1. The summed E-state index contributed by atoms with van der Waals surface area (Å²) in [7, 11) is 1.97. The minimum absolute atomic E-state index is 0. The number of aliphatic carboxylic acids is 1. The summed E-state index contributed by atoms with van der Waals surface area (Å²) in [6.07, 6.45) is 1.11. The molecule has 1 aliphatic heterocycles. The quantitative estimate of drug-likeness (QED) is 0.613. The van der Waals surface area contributed by atoms with Crippen molar-refractivity contribution in [3.63, 3.8) is 0 Å². The molecule has 0 unspecified atom stereocenters. The predicted octanol–water partition coefficient (Wildman–Crippen LogP) is -0.0841. The number of hydrogen-bond donors (Lipinski definition) is 2. The van der Waals surface area contributed by atoms with Crippen LogP contribution in [0.25, 0.3) is 0 Å². The molecule has 1 fully saturated rings. The predicted molar refractivity (Wildman–Crippen MR) is 48.5 cm³/mol. The minimum atomic E-state index is -0.966. The molecule has 12 heavy (non-hydrogen) atoms. The Hall–Kier alpha value is -0.320. The van der Waals surface area contributed by atoms with Gasteiger partial charge in [-0.15, -0.1) is 12.4 Å². The first-order chi connectivity index (χ1) is 5.04. The molecular weight excluding hydrogens is 180 g/mol. The summed E-state index contributed by atoms with van der Waals surface area (Å²) >= 11 is 0. The SMILES string of the molecule is CN1CCC(N)(C(=O)O)CC1.Cl. The molecule has 0 amide bonds. The molecule has 0 aromatic rings. The second-order valence-corrected chi connectivity index (χ2v) is 3.26. The van der Waals surface area contributed by atoms with Gasteiger partial charge in [-0.25, -0.2) is 0 Å². The Balaban J connectivity index is 0.00000121. The first-order valence-electron chi connectivity index (χ1n) is 3.75. The number of hydrogen-bond acceptors (Lipinski definition) is 3. The third kappa shape index (κ3) is 2.33. The molecular formula is C7H15ClN2O2. The highest BCUT2D eigenvalue weighted by atomic mass is 35.5. The minimum Gasteiger partial charge on any atom is -0.480 e. The molecule has 0 aromatic carbocycles. The number of piperidine rings is 1. The summed E-state index contributed by atoms with van der Waals surface area (Å²) in [5.74, 6) is -0.870. The van der Waals surface area contributed by atoms with Crippen LogP contribution in [0.1, 0.15) is 12.8 Å². The van der Waals surface area contributed by atoms with Crippen LogP contribution in [-0.2, 0) is 4.79 Å². The van der Waals surface area contributed by atoms with E-state index in [1.807, 2.05) is 7.05 Å². The average Bonchev–Trinajstić information content (AvgIpc) is 1.95. The standard InChI is InChI=1S/C7H14N2O2.ClH/c1-9-4-2-7(8,3-5-9)6(10)11;/h2-5,8H2,1H3,(H,10,11);1H. The van der Waals surface area contributed by atoms with Crippen LogP contribution >= 0.6 is 12.4 Å². The molecule has 1 saturated heterocycles. The Morgan fingerprint density at radius 1 is 1.50 bits per heavy atom. The Labute approximate surface area is 78.1 Å². The second kappa shape index (κ2) is 4.07. The summed E-state index contributed by atoms with van der Waals surface area (Å²) in [5.41, 5.74) is 4.67. The zero-order valence-electron chi connectivity index (χ0n) is 7.12. The van der Waals surface area contributed by atoms with Crippen LogP contribution in [0.4, 0.5) is 0 Å². The lowest BCUT2D eigenvalue weighted by Gasteiger charge is -2.33. The molecule has 5 heteroatoms. The van der Waals surface area contributed by atoms with Crippen LogP contribution < -0.4 is 5.73 Å². The number of carboxylic acid groups (broad SMARTS) is 1. The van der Waals surface area contributed by atoms with Crippen LogP contribution in [0.2, 0.25) is 0 Å². The van der Waals surface area contributed by atoms with Crippen molar-refractivity contribution in [2.45, 2.75) is 18.4 Å². The van der Waals surface area contributed by atoms with Gasteiger partial charge in [0.2, 0.25) is 0 Å². The van der Waals surface area contributed by atoms with Gasteiger partial charge in [0.25, 0.3) is 0 Å². The second-order valence-electron chi connectivity index (χ2n) is 3.26. The molecule has 0 saturated carbocycles. The summed E-state index contributed by atoms with van der Waals surface area (Å²) in [4.78, 5) is 12.7. The molecule has 0 atom stereocenters. The van der Waals surface area contributed by atoms with Crippen molar-refractivity contribution >= 4 is 18.4 Å². The lowest BCUT2D eigenvalue weighted by Crippen LogP contribution is -2.54. The van der Waals surface area contributed by atoms with Gasteiger partial charge in [-0.1, -0.05) is 0 Å². The highest BCUT2D eigenvalue weighted by Crippen LogP contribution is 2.18. The van der Waals surface area contributed by atoms with Crippen LogP contribution in [0.15, 0.2) is 0 Å². The van der Waals surface area contributed by atoms with E-state index < -0.39 is 11.5 Å². The maximum atomic E-state index is 10.6. The maximum Gasteiger partial charge on any atom is 0.323 e. The van der Waals surface area contributed by atoms with Crippen molar-refractivity contribution in [1.29, 1.82) is 0 Å². The number of carbonyl (C=O) groups is 1. The normalized spacial score (nSPS) is 22.8. The van der Waals surface area contributed by atoms with Crippen LogP contribution in [0.3, 0.4) is 0 Å². The van der Waals surface area contributed by atoms with Crippen molar-refractivity contribution < 1.29 is 9.90 Å². The Kier molecular flexibility index (Phi) is 3.96. The van der Waals surface area contributed by atoms with Gasteiger partial charge >= 0.3 is 5.97 Å². The van der Waals surface area contributed by atoms with Gasteiger partial charge in [-0.3, -0.25) is 4.79 Å². The van der Waals surface area contributed by atoms with E-state index in [9.17, 15) is 4.79 Å². The van der Waals surface area contributed by atoms with Crippen molar-refractivity contribution in [2.75, 3.05) is 20.1 Å². The lowest BCUT2D eigenvalue weighted by atomic mass is 9.89. The maximum absolute atomic E-state index is 10.6. The highest BCUT2D eigenvalue weighted by Gasteiger charge is 2.36. The van der Waals surface area contributed by atoms with E-state index >= 15 is 0 Å². The van der Waals surface area contributed by atoms with Gasteiger partial charge in [0, 0.05) is 13.1 Å². The Morgan fingerprint density at radius 2 is 1.92 bits per heavy atom. The van der Waals surface area contributed by atoms with E-state index in [0.717, 1.165) is 13.1 Å². The van der Waals surface area contributed by atoms with Crippen LogP contribution in [-0.4, -0.2) is 41.7 Å². The monoisotopic (exact) mass is 194 g/mol. The van der Waals surface area contributed by atoms with Crippen molar-refractivity contribution in [3.8, 4) is 0 Å². The highest BCUT2D eigenvalue weighted by molar-refractivity contribution is 5.85. The third-order valence-electron chi connectivity index (χ3n) is 2.31. The molecule has 0 aromatic heterocycles. The van der Waals surface area contributed by atoms with Crippen LogP contribution in [0.5, 0.6) is 0 Å². The number of nitrogens with two attached hydrogens (primary N) is 1. The molecule has 3 N–H and O–H groups in total. The smallest absolute Gasteiger partial charge is 0.323 e. The van der Waals surface area contributed by atoms with Gasteiger partial charge in [0.15, 0.2) is 0 Å². The number of carboxylic acids is 1. The zero-order valence-corrected chi connectivity index (χ0v) is 7.93. The molecule has 72 valence electrons. The number of halogens is 1. The lowest BCUT2D eigenvalue weighted by molar-refractivity contribution is -0.145. The fraction of sp³-hybridized carbons (Fsp3) is 0.857. The number of likely N-dealkylation sites (tertiary alicyclic amines) is 1. The summed E-state index contributed by atoms with van der Waals surface area (Å²) in [6.45, 7) is 1.56. The molecule has 0 radical (unpaired) electrons. The van der Waals surface area contributed by atoms with Gasteiger partial charge in [0.1, 0.15) is 5.54 Å². The van der Waals surface area contributed by atoms with Crippen molar-refractivity contribution in [2.24, 2.45) is 5.73 Å². The molecule has 0 bridgehead atoms. The van der Waals surface area contributed by atoms with E-state index in [-0.39, 0.29) is 12.4 Å². The average molecular weight is 195 g/mol. The van der Waals surface area contributed by atoms with Gasteiger partial charge < -0.3 is 15.7 Å². The first kappa shape index (κ1) is 11.7. The summed E-state index contributed by atoms with van der Waals surface area (Å²) in [6, 6.07) is 0. The Bertz CT molecular complexity index is 167. The van der Waals surface area contributed by atoms with E-state index in [2.05, 4.69) is 4.90 Å². The molecule has 1 heterocycles. The number of nitrogens with zero attached hydrogens (tertiary/aromatic N) is 1. The molecule has 4 nitrogen and oxygen atoms in total. The van der Waals surface area contributed by atoms with Gasteiger partial charge in [0.05, 0.1) is 0 Å². The fourth-order valence-corrected chi connectivity index (χ4v) is 1.23. The largest absolute Gasteiger partial charge is 0.480 e. The fourth-order valence-electron chi connectivity index (χ4n) is 1.23. The summed E-state index contributed by atoms with van der Waals surface area (Å²) in [5, 5.41) is 8.74. The molecule has 1 rings (SSSR count). The van der Waals surface area contributed by atoms with E-state index in [1.54, 1.807) is 0 Å². The topological polar surface area (TPSA) is 66.6 Å². The van der Waals surface area contributed by atoms with Gasteiger partial charge in [-0.05, 0) is 19.9 Å². The first-order valence-corrected chi connectivity index (χ1v) is 3.75. The van der Waals surface area contributed by atoms with Crippen molar-refractivity contribution in [1.82, 2.24) is 4.90 Å². The summed E-state index contributed by atoms with van der Waals surface area (Å²) < 4.78 is 0. The molecule has 0 aliphatic carbocycles. The van der Waals surface area contributed by atoms with Crippen molar-refractivity contribution in [3.05, 3.63) is 0 Å². The van der Waals surface area contributed by atoms with E-state index in [0.29, 0.717) is 12.8 Å². The van der Waals surface area contributed by atoms with Crippen LogP contribution in [0, 0.1) is 0 Å². The zero-order chi connectivity index (χ0) is 8.48. The Morgan fingerprint density at radius 3 is 2.25 bits per heavy atom. The molecule has 1 aliphatic rings. The van der Waals surface area contributed by atoms with E-state index in [1.165, 1.54) is 0 Å².